The van der Waals surface area contributed by atoms with Gasteiger partial charge in [0.1, 0.15) is 22.9 Å². The van der Waals surface area contributed by atoms with Crippen molar-refractivity contribution in [2.24, 2.45) is 7.05 Å². The molecule has 4 rings (SSSR count). The number of carbonyl (C=O) groups is 1. The number of fused-ring (bicyclic) bond motifs is 1. The van der Waals surface area contributed by atoms with Crippen molar-refractivity contribution in [2.45, 2.75) is 50.6 Å². The maximum absolute atomic E-state index is 13.1. The second-order valence-corrected chi connectivity index (χ2v) is 7.67. The molecule has 1 aliphatic rings. The maximum atomic E-state index is 13.1. The Bertz CT molecular complexity index is 1070. The molecule has 1 saturated carbocycles. The number of aromatic nitrogens is 4. The molecule has 1 amide bonds. The molecule has 1 aliphatic carbocycles. The fourth-order valence-corrected chi connectivity index (χ4v) is 3.95. The molecule has 0 atom stereocenters. The summed E-state index contributed by atoms with van der Waals surface area (Å²) in [7, 11) is 1.49. The zero-order chi connectivity index (χ0) is 22.1. The average Bonchev–Trinajstić information content (AvgIpc) is 3.34. The first-order chi connectivity index (χ1) is 14.8. The van der Waals surface area contributed by atoms with E-state index in [1.807, 2.05) is 0 Å². The summed E-state index contributed by atoms with van der Waals surface area (Å²) in [6, 6.07) is 5.17. The molecule has 3 heterocycles. The Kier molecular flexibility index (Phi) is 5.84. The Labute approximate surface area is 175 Å². The number of nitrogens with zero attached hydrogens (tertiary/aromatic N) is 4. The second kappa shape index (κ2) is 8.56. The Hall–Kier alpha value is -3.11. The number of alkyl halides is 4. The minimum Gasteiger partial charge on any atom is -0.368 e. The van der Waals surface area contributed by atoms with Crippen molar-refractivity contribution in [1.82, 2.24) is 24.5 Å². The van der Waals surface area contributed by atoms with Crippen LogP contribution in [0, 0.1) is 0 Å². The van der Waals surface area contributed by atoms with Crippen molar-refractivity contribution in [1.29, 1.82) is 0 Å². The Morgan fingerprint density at radius 3 is 2.45 bits per heavy atom. The van der Waals surface area contributed by atoms with Crippen molar-refractivity contribution in [3.63, 3.8) is 0 Å². The molecule has 2 N–H and O–H groups in total. The van der Waals surface area contributed by atoms with Gasteiger partial charge in [-0.05, 0) is 37.8 Å². The minimum absolute atomic E-state index is 0.0890. The van der Waals surface area contributed by atoms with Crippen molar-refractivity contribution >= 4 is 17.4 Å². The van der Waals surface area contributed by atoms with Gasteiger partial charge in [0.15, 0.2) is 0 Å². The second-order valence-electron chi connectivity index (χ2n) is 7.67. The number of rotatable bonds is 6. The summed E-state index contributed by atoms with van der Waals surface area (Å²) in [5.41, 5.74) is -0.474. The van der Waals surface area contributed by atoms with Crippen molar-refractivity contribution in [3.8, 4) is 0 Å². The first kappa shape index (κ1) is 21.1. The summed E-state index contributed by atoms with van der Waals surface area (Å²) in [6.45, 7) is 0. The van der Waals surface area contributed by atoms with Crippen LogP contribution in [0.15, 0.2) is 30.6 Å². The zero-order valence-electron chi connectivity index (χ0n) is 16.7. The summed E-state index contributed by atoms with van der Waals surface area (Å²) in [4.78, 5) is 16.4. The third-order valence-electron chi connectivity index (χ3n) is 5.46. The van der Waals surface area contributed by atoms with Gasteiger partial charge in [0.25, 0.3) is 18.8 Å². The van der Waals surface area contributed by atoms with Gasteiger partial charge in [-0.15, -0.1) is 0 Å². The van der Waals surface area contributed by atoms with E-state index >= 15 is 0 Å². The standard InChI is InChI=1S/C20H22F4N6O/c1-29-9-13(17(28-29)19(23)24)20(31)26-12-7-5-11(6-8-12)25-15-3-2-4-16-27-14(18(21)22)10-30(15)16/h2-4,9-12,18-19,25H,5-8H2,1H3,(H,26,31). The minimum atomic E-state index is -2.82. The lowest BCUT2D eigenvalue weighted by Crippen LogP contribution is -2.40. The monoisotopic (exact) mass is 438 g/mol. The van der Waals surface area contributed by atoms with Crippen LogP contribution in [0.3, 0.4) is 0 Å². The summed E-state index contributed by atoms with van der Waals surface area (Å²) in [5.74, 6) is 0.115. The molecule has 0 bridgehead atoms. The number of anilines is 1. The molecule has 1 fully saturated rings. The van der Waals surface area contributed by atoms with E-state index in [0.29, 0.717) is 24.3 Å². The van der Waals surface area contributed by atoms with Gasteiger partial charge in [0.2, 0.25) is 0 Å². The van der Waals surface area contributed by atoms with Crippen LogP contribution in [-0.4, -0.2) is 37.2 Å². The molecule has 7 nitrogen and oxygen atoms in total. The summed E-state index contributed by atoms with van der Waals surface area (Å²) >= 11 is 0. The van der Waals surface area contributed by atoms with Gasteiger partial charge in [0, 0.05) is 31.5 Å². The quantitative estimate of drug-likeness (QED) is 0.569. The number of hydrogen-bond acceptors (Lipinski definition) is 4. The number of pyridine rings is 1. The third-order valence-corrected chi connectivity index (χ3v) is 5.46. The van der Waals surface area contributed by atoms with E-state index in [4.69, 9.17) is 0 Å². The Morgan fingerprint density at radius 2 is 1.77 bits per heavy atom. The fraction of sp³-hybridized carbons (Fsp3) is 0.450. The zero-order valence-corrected chi connectivity index (χ0v) is 16.7. The molecular weight excluding hydrogens is 416 g/mol. The molecule has 3 aromatic heterocycles. The van der Waals surface area contributed by atoms with Crippen LogP contribution < -0.4 is 10.6 Å². The van der Waals surface area contributed by atoms with Crippen molar-refractivity contribution < 1.29 is 22.4 Å². The number of hydrogen-bond donors (Lipinski definition) is 2. The normalized spacial score (nSPS) is 19.3. The van der Waals surface area contributed by atoms with E-state index in [9.17, 15) is 22.4 Å². The van der Waals surface area contributed by atoms with Gasteiger partial charge < -0.3 is 10.6 Å². The van der Waals surface area contributed by atoms with Crippen LogP contribution in [0.25, 0.3) is 5.65 Å². The van der Waals surface area contributed by atoms with Crippen LogP contribution in [0.5, 0.6) is 0 Å². The predicted octanol–water partition coefficient (Wildman–Crippen LogP) is 4.10. The largest absolute Gasteiger partial charge is 0.368 e. The van der Waals surface area contributed by atoms with Crippen molar-refractivity contribution in [3.05, 3.63) is 47.5 Å². The van der Waals surface area contributed by atoms with E-state index < -0.39 is 24.5 Å². The van der Waals surface area contributed by atoms with E-state index in [1.54, 1.807) is 22.6 Å². The highest BCUT2D eigenvalue weighted by Crippen LogP contribution is 2.26. The summed E-state index contributed by atoms with van der Waals surface area (Å²) in [6.07, 6.45) is -0.0628. The lowest BCUT2D eigenvalue weighted by Gasteiger charge is -2.30. The maximum Gasteiger partial charge on any atom is 0.282 e. The SMILES string of the molecule is Cn1cc(C(=O)NC2CCC(Nc3cccc4nc(C(F)F)cn34)CC2)c(C(F)F)n1. The highest BCUT2D eigenvalue weighted by molar-refractivity contribution is 5.95. The van der Waals surface area contributed by atoms with Gasteiger partial charge in [-0.1, -0.05) is 6.07 Å². The highest BCUT2D eigenvalue weighted by Gasteiger charge is 2.27. The number of imidazole rings is 1. The third kappa shape index (κ3) is 4.49. The molecule has 0 radical (unpaired) electrons. The number of nitrogens with one attached hydrogen (secondary N) is 2. The fourth-order valence-electron chi connectivity index (χ4n) is 3.95. The molecule has 31 heavy (non-hydrogen) atoms. The number of aryl methyl sites for hydroxylation is 1. The molecule has 166 valence electrons. The molecule has 0 spiro atoms. The van der Waals surface area contributed by atoms with Crippen LogP contribution in [0.4, 0.5) is 23.4 Å². The summed E-state index contributed by atoms with van der Waals surface area (Å²) in [5, 5.41) is 9.85. The predicted molar refractivity (Wildman–Crippen MR) is 105 cm³/mol. The lowest BCUT2D eigenvalue weighted by atomic mass is 9.91. The topological polar surface area (TPSA) is 76.2 Å². The number of amides is 1. The van der Waals surface area contributed by atoms with Gasteiger partial charge in [0.05, 0.1) is 5.56 Å². The Morgan fingerprint density at radius 1 is 1.06 bits per heavy atom. The molecular formula is C20H22F4N6O. The van der Waals surface area contributed by atoms with Crippen molar-refractivity contribution in [2.75, 3.05) is 5.32 Å². The van der Waals surface area contributed by atoms with Crippen LogP contribution in [-0.2, 0) is 7.05 Å². The van der Waals surface area contributed by atoms with Crippen LogP contribution in [0.1, 0.15) is 60.3 Å². The molecule has 0 aliphatic heterocycles. The molecule has 0 unspecified atom stereocenters. The van der Waals surface area contributed by atoms with Crippen LogP contribution >= 0.6 is 0 Å². The highest BCUT2D eigenvalue weighted by atomic mass is 19.3. The Balaban J connectivity index is 1.36. The van der Waals surface area contributed by atoms with Crippen LogP contribution in [0.2, 0.25) is 0 Å². The molecule has 3 aromatic rings. The average molecular weight is 438 g/mol. The van der Waals surface area contributed by atoms with Gasteiger partial charge >= 0.3 is 0 Å². The first-order valence-electron chi connectivity index (χ1n) is 9.97. The van der Waals surface area contributed by atoms with Gasteiger partial charge in [-0.2, -0.15) is 5.10 Å². The molecule has 11 heteroatoms. The number of halogens is 4. The van der Waals surface area contributed by atoms with E-state index in [-0.39, 0.29) is 23.3 Å². The van der Waals surface area contributed by atoms with Gasteiger partial charge in [-0.3, -0.25) is 13.9 Å². The molecule has 0 saturated heterocycles. The van der Waals surface area contributed by atoms with E-state index in [0.717, 1.165) is 12.8 Å². The van der Waals surface area contributed by atoms with E-state index in [1.165, 1.54) is 24.1 Å². The summed E-state index contributed by atoms with van der Waals surface area (Å²) < 4.78 is 54.9. The van der Waals surface area contributed by atoms with E-state index in [2.05, 4.69) is 20.7 Å². The van der Waals surface area contributed by atoms with Gasteiger partial charge in [-0.25, -0.2) is 22.5 Å². The first-order valence-corrected chi connectivity index (χ1v) is 9.97. The molecule has 0 aromatic carbocycles. The number of carbonyl (C=O) groups excluding carboxylic acids is 1. The lowest BCUT2D eigenvalue weighted by molar-refractivity contribution is 0.0912. The smallest absolute Gasteiger partial charge is 0.282 e.